The molecular formula is C11H14F2N2O. The summed E-state index contributed by atoms with van der Waals surface area (Å²) >= 11 is 0. The average Bonchev–Trinajstić information content (AvgIpc) is 2.15. The van der Waals surface area contributed by atoms with E-state index in [1.165, 1.54) is 13.1 Å². The molecule has 16 heavy (non-hydrogen) atoms. The van der Waals surface area contributed by atoms with Gasteiger partial charge in [0.05, 0.1) is 5.69 Å². The highest BCUT2D eigenvalue weighted by Gasteiger charge is 2.16. The highest BCUT2D eigenvalue weighted by atomic mass is 19.1. The van der Waals surface area contributed by atoms with Gasteiger partial charge in [0.2, 0.25) is 5.91 Å². The van der Waals surface area contributed by atoms with Crippen molar-refractivity contribution in [2.75, 3.05) is 11.9 Å². The number of anilines is 1. The van der Waals surface area contributed by atoms with Crippen LogP contribution in [0.15, 0.2) is 18.2 Å². The molecule has 2 N–H and O–H groups in total. The number of nitrogens with zero attached hydrogens (tertiary/aromatic N) is 1. The van der Waals surface area contributed by atoms with Gasteiger partial charge in [-0.3, -0.25) is 4.79 Å². The Labute approximate surface area is 92.8 Å². The van der Waals surface area contributed by atoms with Crippen molar-refractivity contribution < 1.29 is 13.6 Å². The molecule has 0 aromatic heterocycles. The van der Waals surface area contributed by atoms with Crippen LogP contribution in [0.25, 0.3) is 0 Å². The summed E-state index contributed by atoms with van der Waals surface area (Å²) in [5.74, 6) is -1.74. The molecule has 1 aromatic rings. The van der Waals surface area contributed by atoms with E-state index in [-0.39, 0.29) is 24.1 Å². The molecule has 1 amide bonds. The second-order valence-electron chi connectivity index (χ2n) is 3.73. The molecule has 3 nitrogen and oxygen atoms in total. The van der Waals surface area contributed by atoms with Crippen LogP contribution in [0.1, 0.15) is 13.3 Å². The molecule has 0 saturated heterocycles. The number of halogens is 2. The van der Waals surface area contributed by atoms with E-state index in [1.807, 2.05) is 0 Å². The van der Waals surface area contributed by atoms with Gasteiger partial charge < -0.3 is 10.6 Å². The highest BCUT2D eigenvalue weighted by molar-refractivity contribution is 5.93. The lowest BCUT2D eigenvalue weighted by atomic mass is 10.2. The largest absolute Gasteiger partial charge is 0.327 e. The van der Waals surface area contributed by atoms with Gasteiger partial charge in [-0.2, -0.15) is 0 Å². The third-order valence-electron chi connectivity index (χ3n) is 2.14. The molecule has 1 atom stereocenters. The van der Waals surface area contributed by atoms with Crippen LogP contribution < -0.4 is 10.6 Å². The van der Waals surface area contributed by atoms with E-state index in [0.29, 0.717) is 0 Å². The van der Waals surface area contributed by atoms with Crippen LogP contribution >= 0.6 is 0 Å². The van der Waals surface area contributed by atoms with Crippen molar-refractivity contribution in [2.24, 2.45) is 5.73 Å². The summed E-state index contributed by atoms with van der Waals surface area (Å²) in [5, 5.41) is 0. The predicted molar refractivity (Wildman–Crippen MR) is 58.0 cm³/mol. The van der Waals surface area contributed by atoms with Gasteiger partial charge in [0.1, 0.15) is 11.6 Å². The first-order chi connectivity index (χ1) is 7.41. The van der Waals surface area contributed by atoms with Crippen LogP contribution in [-0.2, 0) is 4.79 Å². The van der Waals surface area contributed by atoms with Gasteiger partial charge in [-0.15, -0.1) is 0 Å². The maximum atomic E-state index is 13.3. The van der Waals surface area contributed by atoms with Crippen molar-refractivity contribution in [1.29, 1.82) is 0 Å². The van der Waals surface area contributed by atoms with Crippen LogP contribution in [0.2, 0.25) is 0 Å². The Hall–Kier alpha value is -1.49. The van der Waals surface area contributed by atoms with Crippen molar-refractivity contribution in [3.63, 3.8) is 0 Å². The monoisotopic (exact) mass is 228 g/mol. The Kier molecular flexibility index (Phi) is 3.95. The van der Waals surface area contributed by atoms with Gasteiger partial charge in [-0.1, -0.05) is 0 Å². The van der Waals surface area contributed by atoms with Gasteiger partial charge in [0.25, 0.3) is 0 Å². The molecule has 0 aliphatic carbocycles. The minimum Gasteiger partial charge on any atom is -0.327 e. The standard InChI is InChI=1S/C11H14F2N2O/c1-7(14)5-11(16)15(2)10-4-3-8(12)6-9(10)13/h3-4,6-7H,5,14H2,1-2H3. The molecule has 1 rings (SSSR count). The van der Waals surface area contributed by atoms with Crippen LogP contribution in [0.3, 0.4) is 0 Å². The molecule has 0 radical (unpaired) electrons. The fraction of sp³-hybridized carbons (Fsp3) is 0.364. The predicted octanol–water partition coefficient (Wildman–Crippen LogP) is 1.66. The van der Waals surface area contributed by atoms with E-state index >= 15 is 0 Å². The molecule has 0 heterocycles. The molecule has 1 aromatic carbocycles. The second kappa shape index (κ2) is 5.03. The summed E-state index contributed by atoms with van der Waals surface area (Å²) in [6, 6.07) is 2.78. The average molecular weight is 228 g/mol. The van der Waals surface area contributed by atoms with E-state index in [4.69, 9.17) is 5.73 Å². The number of carbonyl (C=O) groups is 1. The number of hydrogen-bond donors (Lipinski definition) is 1. The lowest BCUT2D eigenvalue weighted by molar-refractivity contribution is -0.118. The SMILES string of the molecule is CC(N)CC(=O)N(C)c1ccc(F)cc1F. The number of nitrogens with two attached hydrogens (primary N) is 1. The van der Waals surface area contributed by atoms with E-state index in [1.54, 1.807) is 6.92 Å². The van der Waals surface area contributed by atoms with Gasteiger partial charge in [-0.05, 0) is 19.1 Å². The number of carbonyl (C=O) groups excluding carboxylic acids is 1. The van der Waals surface area contributed by atoms with Crippen LogP contribution in [0.4, 0.5) is 14.5 Å². The second-order valence-corrected chi connectivity index (χ2v) is 3.73. The quantitative estimate of drug-likeness (QED) is 0.855. The van der Waals surface area contributed by atoms with Gasteiger partial charge in [0.15, 0.2) is 0 Å². The summed E-state index contributed by atoms with van der Waals surface area (Å²) in [5.41, 5.74) is 5.52. The third-order valence-corrected chi connectivity index (χ3v) is 2.14. The minimum atomic E-state index is -0.763. The first-order valence-corrected chi connectivity index (χ1v) is 4.89. The zero-order valence-corrected chi connectivity index (χ0v) is 9.21. The van der Waals surface area contributed by atoms with Crippen molar-refractivity contribution in [3.05, 3.63) is 29.8 Å². The van der Waals surface area contributed by atoms with E-state index < -0.39 is 11.6 Å². The summed E-state index contributed by atoms with van der Waals surface area (Å²) in [6.07, 6.45) is 0.118. The lowest BCUT2D eigenvalue weighted by Crippen LogP contribution is -2.32. The zero-order valence-electron chi connectivity index (χ0n) is 9.21. The van der Waals surface area contributed by atoms with Crippen molar-refractivity contribution in [2.45, 2.75) is 19.4 Å². The Morgan fingerprint density at radius 3 is 2.62 bits per heavy atom. The molecule has 5 heteroatoms. The number of hydrogen-bond acceptors (Lipinski definition) is 2. The fourth-order valence-electron chi connectivity index (χ4n) is 1.30. The molecule has 0 aliphatic heterocycles. The van der Waals surface area contributed by atoms with Crippen molar-refractivity contribution in [1.82, 2.24) is 0 Å². The molecule has 0 spiro atoms. The number of rotatable bonds is 3. The normalized spacial score (nSPS) is 12.3. The fourth-order valence-corrected chi connectivity index (χ4v) is 1.30. The Balaban J connectivity index is 2.87. The van der Waals surface area contributed by atoms with Gasteiger partial charge >= 0.3 is 0 Å². The topological polar surface area (TPSA) is 46.3 Å². The molecule has 88 valence electrons. The summed E-state index contributed by atoms with van der Waals surface area (Å²) in [7, 11) is 1.43. The lowest BCUT2D eigenvalue weighted by Gasteiger charge is -2.19. The summed E-state index contributed by atoms with van der Waals surface area (Å²) < 4.78 is 26.0. The van der Waals surface area contributed by atoms with Gasteiger partial charge in [-0.25, -0.2) is 8.78 Å². The molecule has 0 bridgehead atoms. The molecular weight excluding hydrogens is 214 g/mol. The van der Waals surface area contributed by atoms with Crippen LogP contribution in [-0.4, -0.2) is 19.0 Å². The van der Waals surface area contributed by atoms with E-state index in [9.17, 15) is 13.6 Å². The Bertz CT molecular complexity index is 394. The Morgan fingerprint density at radius 1 is 1.50 bits per heavy atom. The number of amides is 1. The highest BCUT2D eigenvalue weighted by Crippen LogP contribution is 2.19. The molecule has 1 unspecified atom stereocenters. The van der Waals surface area contributed by atoms with Crippen LogP contribution in [0, 0.1) is 11.6 Å². The van der Waals surface area contributed by atoms with E-state index in [2.05, 4.69) is 0 Å². The number of benzene rings is 1. The summed E-state index contributed by atoms with van der Waals surface area (Å²) in [4.78, 5) is 12.7. The summed E-state index contributed by atoms with van der Waals surface area (Å²) in [6.45, 7) is 1.69. The molecule has 0 aliphatic rings. The van der Waals surface area contributed by atoms with Crippen LogP contribution in [0.5, 0.6) is 0 Å². The smallest absolute Gasteiger partial charge is 0.228 e. The van der Waals surface area contributed by atoms with E-state index in [0.717, 1.165) is 17.0 Å². The van der Waals surface area contributed by atoms with Gasteiger partial charge in [0, 0.05) is 25.6 Å². The molecule has 0 fully saturated rings. The maximum Gasteiger partial charge on any atom is 0.228 e. The van der Waals surface area contributed by atoms with Crippen molar-refractivity contribution >= 4 is 11.6 Å². The maximum absolute atomic E-state index is 13.3. The first-order valence-electron chi connectivity index (χ1n) is 4.89. The van der Waals surface area contributed by atoms with Crippen molar-refractivity contribution in [3.8, 4) is 0 Å². The third kappa shape index (κ3) is 3.00. The minimum absolute atomic E-state index is 0.0482. The zero-order chi connectivity index (χ0) is 12.3. The molecule has 0 saturated carbocycles. The first kappa shape index (κ1) is 12.6. The Morgan fingerprint density at radius 2 is 2.12 bits per heavy atom.